The van der Waals surface area contributed by atoms with Crippen molar-refractivity contribution < 1.29 is 19.1 Å². The Bertz CT molecular complexity index is 483. The summed E-state index contributed by atoms with van der Waals surface area (Å²) in [6.45, 7) is 2.25. The fourth-order valence-electron chi connectivity index (χ4n) is 3.05. The number of rotatable bonds is 4. The largest absolute Gasteiger partial charge is 0.469 e. The Morgan fingerprint density at radius 2 is 1.86 bits per heavy atom. The first-order valence-corrected chi connectivity index (χ1v) is 7.42. The molecule has 1 saturated carbocycles. The molecule has 4 nitrogen and oxygen atoms in total. The summed E-state index contributed by atoms with van der Waals surface area (Å²) < 4.78 is 10.3. The number of carbonyl (C=O) groups is 2. The maximum atomic E-state index is 12.4. The van der Waals surface area contributed by atoms with E-state index in [1.807, 2.05) is 37.3 Å². The van der Waals surface area contributed by atoms with Gasteiger partial charge in [-0.2, -0.15) is 0 Å². The minimum absolute atomic E-state index is 0.145. The van der Waals surface area contributed by atoms with E-state index >= 15 is 0 Å². The molecule has 1 aromatic carbocycles. The van der Waals surface area contributed by atoms with Gasteiger partial charge >= 0.3 is 11.9 Å². The molecular weight excluding hydrogens is 268 g/mol. The van der Waals surface area contributed by atoms with Crippen molar-refractivity contribution in [3.8, 4) is 0 Å². The Morgan fingerprint density at radius 1 is 1.14 bits per heavy atom. The SMILES string of the molecule is COC(=O)[C@@H]1CCC[C@@H](C)[C@@H]1C(=O)OCc1ccccc1. The number of hydrogen-bond donors (Lipinski definition) is 0. The molecule has 0 N–H and O–H groups in total. The third-order valence-corrected chi connectivity index (χ3v) is 4.22. The fraction of sp³-hybridized carbons (Fsp3) is 0.529. The summed E-state index contributed by atoms with van der Waals surface area (Å²) in [6.07, 6.45) is 2.59. The highest BCUT2D eigenvalue weighted by Gasteiger charge is 2.41. The van der Waals surface area contributed by atoms with Gasteiger partial charge in [-0.05, 0) is 24.3 Å². The van der Waals surface area contributed by atoms with E-state index in [-0.39, 0.29) is 30.4 Å². The normalized spacial score (nSPS) is 25.1. The number of benzene rings is 1. The fourth-order valence-corrected chi connectivity index (χ4v) is 3.05. The summed E-state index contributed by atoms with van der Waals surface area (Å²) >= 11 is 0. The highest BCUT2D eigenvalue weighted by molar-refractivity contribution is 5.82. The van der Waals surface area contributed by atoms with E-state index in [0.29, 0.717) is 6.42 Å². The summed E-state index contributed by atoms with van der Waals surface area (Å²) in [5.41, 5.74) is 0.948. The molecule has 0 aromatic heterocycles. The Kier molecular flexibility index (Phi) is 5.37. The number of esters is 2. The van der Waals surface area contributed by atoms with Crippen LogP contribution in [-0.2, 0) is 25.7 Å². The van der Waals surface area contributed by atoms with Crippen LogP contribution in [0, 0.1) is 17.8 Å². The molecule has 0 amide bonds. The maximum absolute atomic E-state index is 12.4. The molecule has 3 atom stereocenters. The van der Waals surface area contributed by atoms with Gasteiger partial charge in [-0.1, -0.05) is 43.7 Å². The van der Waals surface area contributed by atoms with Gasteiger partial charge in [-0.25, -0.2) is 0 Å². The predicted octanol–water partition coefficient (Wildman–Crippen LogP) is 2.96. The van der Waals surface area contributed by atoms with E-state index in [0.717, 1.165) is 18.4 Å². The van der Waals surface area contributed by atoms with E-state index in [1.165, 1.54) is 7.11 Å². The van der Waals surface area contributed by atoms with Gasteiger partial charge in [0.05, 0.1) is 18.9 Å². The smallest absolute Gasteiger partial charge is 0.310 e. The lowest BCUT2D eigenvalue weighted by atomic mass is 9.73. The van der Waals surface area contributed by atoms with Gasteiger partial charge in [0.25, 0.3) is 0 Å². The summed E-state index contributed by atoms with van der Waals surface area (Å²) in [7, 11) is 1.37. The Balaban J connectivity index is 2.02. The molecular formula is C17H22O4. The van der Waals surface area contributed by atoms with Crippen molar-refractivity contribution in [3.05, 3.63) is 35.9 Å². The molecule has 0 heterocycles. The molecule has 0 radical (unpaired) electrons. The molecule has 0 aliphatic heterocycles. The van der Waals surface area contributed by atoms with Crippen molar-refractivity contribution >= 4 is 11.9 Å². The van der Waals surface area contributed by atoms with Crippen molar-refractivity contribution in [2.75, 3.05) is 7.11 Å². The maximum Gasteiger partial charge on any atom is 0.310 e. The van der Waals surface area contributed by atoms with Gasteiger partial charge in [0.15, 0.2) is 0 Å². The van der Waals surface area contributed by atoms with Crippen LogP contribution in [-0.4, -0.2) is 19.0 Å². The topological polar surface area (TPSA) is 52.6 Å². The lowest BCUT2D eigenvalue weighted by Crippen LogP contribution is -2.39. The van der Waals surface area contributed by atoms with E-state index in [2.05, 4.69) is 0 Å². The van der Waals surface area contributed by atoms with E-state index < -0.39 is 5.92 Å². The quantitative estimate of drug-likeness (QED) is 0.800. The van der Waals surface area contributed by atoms with Crippen LogP contribution in [0.5, 0.6) is 0 Å². The van der Waals surface area contributed by atoms with Crippen molar-refractivity contribution in [2.24, 2.45) is 17.8 Å². The van der Waals surface area contributed by atoms with Crippen molar-refractivity contribution in [1.82, 2.24) is 0 Å². The molecule has 0 spiro atoms. The number of carbonyl (C=O) groups excluding carboxylic acids is 2. The van der Waals surface area contributed by atoms with Crippen LogP contribution in [0.4, 0.5) is 0 Å². The molecule has 0 bridgehead atoms. The highest BCUT2D eigenvalue weighted by Crippen LogP contribution is 2.36. The zero-order valence-electron chi connectivity index (χ0n) is 12.6. The lowest BCUT2D eigenvalue weighted by molar-refractivity contribution is -0.164. The minimum atomic E-state index is -0.394. The average molecular weight is 290 g/mol. The number of methoxy groups -OCH3 is 1. The second-order valence-corrected chi connectivity index (χ2v) is 5.66. The third kappa shape index (κ3) is 3.84. The highest BCUT2D eigenvalue weighted by atomic mass is 16.5. The molecule has 1 fully saturated rings. The zero-order chi connectivity index (χ0) is 15.2. The molecule has 1 aliphatic rings. The van der Waals surface area contributed by atoms with Crippen LogP contribution >= 0.6 is 0 Å². The van der Waals surface area contributed by atoms with Crippen LogP contribution in [0.3, 0.4) is 0 Å². The third-order valence-electron chi connectivity index (χ3n) is 4.22. The van der Waals surface area contributed by atoms with Gasteiger partial charge in [-0.3, -0.25) is 9.59 Å². The molecule has 4 heteroatoms. The Morgan fingerprint density at radius 3 is 2.52 bits per heavy atom. The van der Waals surface area contributed by atoms with Gasteiger partial charge in [0.2, 0.25) is 0 Å². The van der Waals surface area contributed by atoms with E-state index in [4.69, 9.17) is 9.47 Å². The summed E-state index contributed by atoms with van der Waals surface area (Å²) in [5.74, 6) is -1.22. The second-order valence-electron chi connectivity index (χ2n) is 5.66. The molecule has 0 saturated heterocycles. The van der Waals surface area contributed by atoms with Crippen LogP contribution in [0.2, 0.25) is 0 Å². The molecule has 1 aliphatic carbocycles. The van der Waals surface area contributed by atoms with Gasteiger partial charge in [0, 0.05) is 0 Å². The van der Waals surface area contributed by atoms with Crippen molar-refractivity contribution in [1.29, 1.82) is 0 Å². The van der Waals surface area contributed by atoms with Gasteiger partial charge < -0.3 is 9.47 Å². The van der Waals surface area contributed by atoms with E-state index in [1.54, 1.807) is 0 Å². The Labute approximate surface area is 125 Å². The first kappa shape index (κ1) is 15.5. The first-order chi connectivity index (χ1) is 10.1. The first-order valence-electron chi connectivity index (χ1n) is 7.42. The van der Waals surface area contributed by atoms with Crippen molar-refractivity contribution in [3.63, 3.8) is 0 Å². The van der Waals surface area contributed by atoms with Crippen LogP contribution in [0.25, 0.3) is 0 Å². The van der Waals surface area contributed by atoms with Crippen LogP contribution in [0.1, 0.15) is 31.7 Å². The zero-order valence-corrected chi connectivity index (χ0v) is 12.6. The standard InChI is InChI=1S/C17H22O4/c1-12-7-6-10-14(16(18)20-2)15(12)17(19)21-11-13-8-4-3-5-9-13/h3-5,8-9,12,14-15H,6-7,10-11H2,1-2H3/t12-,14-,15+/m1/s1. The van der Waals surface area contributed by atoms with Gasteiger partial charge in [-0.15, -0.1) is 0 Å². The summed E-state index contributed by atoms with van der Waals surface area (Å²) in [4.78, 5) is 24.3. The van der Waals surface area contributed by atoms with Crippen molar-refractivity contribution in [2.45, 2.75) is 32.8 Å². The molecule has 114 valence electrons. The predicted molar refractivity (Wildman–Crippen MR) is 78.2 cm³/mol. The monoisotopic (exact) mass is 290 g/mol. The van der Waals surface area contributed by atoms with Gasteiger partial charge in [0.1, 0.15) is 6.61 Å². The second kappa shape index (κ2) is 7.25. The van der Waals surface area contributed by atoms with Crippen LogP contribution < -0.4 is 0 Å². The van der Waals surface area contributed by atoms with E-state index in [9.17, 15) is 9.59 Å². The van der Waals surface area contributed by atoms with Crippen LogP contribution in [0.15, 0.2) is 30.3 Å². The minimum Gasteiger partial charge on any atom is -0.469 e. The lowest BCUT2D eigenvalue weighted by Gasteiger charge is -2.33. The summed E-state index contributed by atoms with van der Waals surface area (Å²) in [6, 6.07) is 9.56. The molecule has 1 aromatic rings. The average Bonchev–Trinajstić information content (AvgIpc) is 2.52. The Hall–Kier alpha value is -1.84. The molecule has 21 heavy (non-hydrogen) atoms. The molecule has 0 unspecified atom stereocenters. The molecule has 2 rings (SSSR count). The number of ether oxygens (including phenoxy) is 2. The summed E-state index contributed by atoms with van der Waals surface area (Å²) in [5, 5.41) is 0. The number of hydrogen-bond acceptors (Lipinski definition) is 4.